The predicted molar refractivity (Wildman–Crippen MR) is 73.8 cm³/mol. The van der Waals surface area contributed by atoms with Crippen molar-refractivity contribution in [2.45, 2.75) is 13.3 Å². The van der Waals surface area contributed by atoms with Gasteiger partial charge in [-0.1, -0.05) is 12.1 Å². The molecule has 0 bridgehead atoms. The number of carbonyl (C=O) groups excluding carboxylic acids is 2. The first-order valence-electron chi connectivity index (χ1n) is 6.14. The number of hydrogen-bond acceptors (Lipinski definition) is 4. The first-order chi connectivity index (χ1) is 9.56. The second-order valence-electron chi connectivity index (χ2n) is 4.13. The van der Waals surface area contributed by atoms with Gasteiger partial charge < -0.3 is 9.47 Å². The summed E-state index contributed by atoms with van der Waals surface area (Å²) in [5.74, 6) is 0.471. The number of methoxy groups -OCH3 is 1. The molecule has 0 aliphatic heterocycles. The van der Waals surface area contributed by atoms with Crippen molar-refractivity contribution >= 4 is 17.6 Å². The van der Waals surface area contributed by atoms with Gasteiger partial charge in [-0.25, -0.2) is 4.39 Å². The number of halogens is 1. The zero-order valence-corrected chi connectivity index (χ0v) is 11.5. The molecular formula is C15H17FO4. The van der Waals surface area contributed by atoms with E-state index in [4.69, 9.17) is 9.47 Å². The lowest BCUT2D eigenvalue weighted by molar-refractivity contribution is -0.123. The minimum absolute atomic E-state index is 0.0390. The Morgan fingerprint density at radius 1 is 1.30 bits per heavy atom. The Kier molecular flexibility index (Phi) is 6.43. The van der Waals surface area contributed by atoms with E-state index >= 15 is 0 Å². The monoisotopic (exact) mass is 280 g/mol. The normalized spacial score (nSPS) is 10.6. The van der Waals surface area contributed by atoms with Crippen LogP contribution in [0.2, 0.25) is 0 Å². The molecule has 20 heavy (non-hydrogen) atoms. The van der Waals surface area contributed by atoms with Gasteiger partial charge in [0.05, 0.1) is 13.5 Å². The third-order valence-corrected chi connectivity index (χ3v) is 2.41. The molecule has 0 aromatic heterocycles. The Balaban J connectivity index is 2.79. The maximum atomic E-state index is 12.1. The molecule has 1 aromatic rings. The molecule has 0 aliphatic carbocycles. The molecule has 0 aliphatic rings. The van der Waals surface area contributed by atoms with Gasteiger partial charge in [-0.2, -0.15) is 0 Å². The zero-order valence-electron chi connectivity index (χ0n) is 11.5. The molecule has 0 radical (unpaired) electrons. The van der Waals surface area contributed by atoms with Crippen LogP contribution in [0.1, 0.15) is 18.9 Å². The van der Waals surface area contributed by atoms with Crippen LogP contribution in [-0.2, 0) is 9.59 Å². The number of rotatable bonds is 8. The van der Waals surface area contributed by atoms with Crippen LogP contribution in [0.3, 0.4) is 0 Å². The van der Waals surface area contributed by atoms with Crippen molar-refractivity contribution in [2.75, 3.05) is 20.4 Å². The number of carbonyl (C=O) groups is 2. The molecular weight excluding hydrogens is 263 g/mol. The van der Waals surface area contributed by atoms with E-state index in [9.17, 15) is 14.0 Å². The Morgan fingerprint density at radius 2 is 2.05 bits per heavy atom. The molecule has 0 N–H and O–H groups in total. The number of benzene rings is 1. The van der Waals surface area contributed by atoms with E-state index in [0.717, 1.165) is 5.56 Å². The highest BCUT2D eigenvalue weighted by Gasteiger charge is 2.05. The molecule has 1 aromatic carbocycles. The quantitative estimate of drug-likeness (QED) is 0.542. The largest absolute Gasteiger partial charge is 0.493 e. The van der Waals surface area contributed by atoms with Gasteiger partial charge in [0.25, 0.3) is 0 Å². The average Bonchev–Trinajstić information content (AvgIpc) is 2.42. The van der Waals surface area contributed by atoms with Crippen molar-refractivity contribution in [1.82, 2.24) is 0 Å². The van der Waals surface area contributed by atoms with E-state index in [2.05, 4.69) is 0 Å². The number of ketones is 2. The standard InChI is InChI=1S/C15H17FO4/c1-11(17)9-13(18)5-3-12-4-6-14(20-8-7-16)15(10-12)19-2/h3-6,10H,7-9H2,1-2H3/b5-3+. The molecule has 0 amide bonds. The summed E-state index contributed by atoms with van der Waals surface area (Å²) in [5, 5.41) is 0. The molecule has 1 rings (SSSR count). The highest BCUT2D eigenvalue weighted by molar-refractivity contribution is 6.05. The Morgan fingerprint density at radius 3 is 2.65 bits per heavy atom. The van der Waals surface area contributed by atoms with Crippen LogP contribution in [0.15, 0.2) is 24.3 Å². The Bertz CT molecular complexity index is 509. The van der Waals surface area contributed by atoms with Crippen LogP contribution in [0, 0.1) is 0 Å². The lowest BCUT2D eigenvalue weighted by Gasteiger charge is -2.09. The molecule has 0 atom stereocenters. The van der Waals surface area contributed by atoms with E-state index in [1.807, 2.05) is 0 Å². The molecule has 108 valence electrons. The number of hydrogen-bond donors (Lipinski definition) is 0. The Labute approximate surface area is 117 Å². The fraction of sp³-hybridized carbons (Fsp3) is 0.333. The van der Waals surface area contributed by atoms with Crippen LogP contribution < -0.4 is 9.47 Å². The molecule has 0 spiro atoms. The lowest BCUT2D eigenvalue weighted by Crippen LogP contribution is -2.01. The SMILES string of the molecule is COc1cc(/C=C/C(=O)CC(C)=O)ccc1OCCF. The zero-order chi connectivity index (χ0) is 15.0. The first kappa shape index (κ1) is 15.9. The molecule has 5 heteroatoms. The van der Waals surface area contributed by atoms with Crippen LogP contribution in [0.5, 0.6) is 11.5 Å². The van der Waals surface area contributed by atoms with Gasteiger partial charge in [0.2, 0.25) is 0 Å². The van der Waals surface area contributed by atoms with Gasteiger partial charge in [-0.15, -0.1) is 0 Å². The second kappa shape index (κ2) is 8.09. The maximum absolute atomic E-state index is 12.1. The third kappa shape index (κ3) is 5.22. The second-order valence-corrected chi connectivity index (χ2v) is 4.13. The average molecular weight is 280 g/mol. The van der Waals surface area contributed by atoms with E-state index in [1.54, 1.807) is 24.3 Å². The van der Waals surface area contributed by atoms with E-state index < -0.39 is 6.67 Å². The van der Waals surface area contributed by atoms with Crippen molar-refractivity contribution in [2.24, 2.45) is 0 Å². The molecule has 0 saturated carbocycles. The lowest BCUT2D eigenvalue weighted by atomic mass is 10.1. The summed E-state index contributed by atoms with van der Waals surface area (Å²) in [5.41, 5.74) is 0.728. The molecule has 0 unspecified atom stereocenters. The maximum Gasteiger partial charge on any atom is 0.163 e. The number of alkyl halides is 1. The van der Waals surface area contributed by atoms with E-state index in [1.165, 1.54) is 20.1 Å². The molecule has 0 saturated heterocycles. The summed E-state index contributed by atoms with van der Waals surface area (Å²) in [6.07, 6.45) is 2.83. The first-order valence-corrected chi connectivity index (χ1v) is 6.14. The highest BCUT2D eigenvalue weighted by Crippen LogP contribution is 2.28. The fourth-order valence-corrected chi connectivity index (χ4v) is 1.55. The van der Waals surface area contributed by atoms with Gasteiger partial charge in [0, 0.05) is 0 Å². The third-order valence-electron chi connectivity index (χ3n) is 2.41. The van der Waals surface area contributed by atoms with Gasteiger partial charge in [-0.05, 0) is 30.7 Å². The van der Waals surface area contributed by atoms with Gasteiger partial charge >= 0.3 is 0 Å². The summed E-state index contributed by atoms with van der Waals surface area (Å²) >= 11 is 0. The summed E-state index contributed by atoms with van der Waals surface area (Å²) in [4.78, 5) is 22.2. The van der Waals surface area contributed by atoms with Crippen LogP contribution in [0.25, 0.3) is 6.08 Å². The minimum Gasteiger partial charge on any atom is -0.493 e. The smallest absolute Gasteiger partial charge is 0.163 e. The van der Waals surface area contributed by atoms with Crippen molar-refractivity contribution in [3.8, 4) is 11.5 Å². The van der Waals surface area contributed by atoms with Gasteiger partial charge in [0.1, 0.15) is 19.1 Å². The van der Waals surface area contributed by atoms with Crippen LogP contribution >= 0.6 is 0 Å². The minimum atomic E-state index is -0.579. The van der Waals surface area contributed by atoms with Crippen LogP contribution in [-0.4, -0.2) is 32.0 Å². The number of ether oxygens (including phenoxy) is 2. The van der Waals surface area contributed by atoms with Crippen molar-refractivity contribution in [1.29, 1.82) is 0 Å². The fourth-order valence-electron chi connectivity index (χ4n) is 1.55. The van der Waals surface area contributed by atoms with Gasteiger partial charge in [-0.3, -0.25) is 9.59 Å². The summed E-state index contributed by atoms with van der Waals surface area (Å²) in [7, 11) is 1.48. The van der Waals surface area contributed by atoms with Crippen molar-refractivity contribution < 1.29 is 23.5 Å². The van der Waals surface area contributed by atoms with E-state index in [0.29, 0.717) is 11.5 Å². The summed E-state index contributed by atoms with van der Waals surface area (Å²) < 4.78 is 22.4. The van der Waals surface area contributed by atoms with E-state index in [-0.39, 0.29) is 24.6 Å². The predicted octanol–water partition coefficient (Wildman–Crippen LogP) is 2.60. The topological polar surface area (TPSA) is 52.6 Å². The molecule has 0 fully saturated rings. The van der Waals surface area contributed by atoms with Crippen molar-refractivity contribution in [3.63, 3.8) is 0 Å². The summed E-state index contributed by atoms with van der Waals surface area (Å²) in [6.45, 7) is 0.749. The number of Topliss-reactive ketones (excluding diaryl/α,β-unsaturated/α-hetero) is 1. The molecule has 0 heterocycles. The van der Waals surface area contributed by atoms with Crippen LogP contribution in [0.4, 0.5) is 4.39 Å². The molecule has 4 nitrogen and oxygen atoms in total. The Hall–Kier alpha value is -2.17. The number of allylic oxidation sites excluding steroid dienone is 1. The summed E-state index contributed by atoms with van der Waals surface area (Å²) in [6, 6.07) is 5.03. The van der Waals surface area contributed by atoms with Crippen molar-refractivity contribution in [3.05, 3.63) is 29.8 Å². The highest BCUT2D eigenvalue weighted by atomic mass is 19.1. The van der Waals surface area contributed by atoms with Gasteiger partial charge in [0.15, 0.2) is 17.3 Å².